The number of ether oxygens (including phenoxy) is 1. The maximum absolute atomic E-state index is 12.4. The van der Waals surface area contributed by atoms with Crippen LogP contribution >= 0.6 is 0 Å². The molecule has 1 aromatic heterocycles. The average molecular weight is 436 g/mol. The van der Waals surface area contributed by atoms with Crippen molar-refractivity contribution in [3.8, 4) is 5.75 Å². The van der Waals surface area contributed by atoms with Gasteiger partial charge in [-0.3, -0.25) is 14.2 Å². The summed E-state index contributed by atoms with van der Waals surface area (Å²) >= 11 is 0. The SMILES string of the molecule is Cn1c(COc2ccc(C[S+]3CC(=O)NC3=O)cc2)nc2ccccc2c1=O.[K]. The number of carbonyl (C=O) groups excluding carboxylic acids is 2. The van der Waals surface area contributed by atoms with Crippen molar-refractivity contribution in [3.63, 3.8) is 0 Å². The third-order valence-electron chi connectivity index (χ3n) is 4.52. The Morgan fingerprint density at radius 2 is 1.83 bits per heavy atom. The van der Waals surface area contributed by atoms with Crippen LogP contribution in [0.25, 0.3) is 10.9 Å². The number of carbonyl (C=O) groups is 2. The van der Waals surface area contributed by atoms with Gasteiger partial charge in [-0.05, 0) is 24.3 Å². The van der Waals surface area contributed by atoms with Crippen molar-refractivity contribution in [3.05, 3.63) is 70.3 Å². The van der Waals surface area contributed by atoms with Crippen LogP contribution in [0.15, 0.2) is 53.3 Å². The van der Waals surface area contributed by atoms with Crippen LogP contribution in [-0.2, 0) is 35.1 Å². The van der Waals surface area contributed by atoms with Crippen LogP contribution < -0.4 is 15.6 Å². The number of fused-ring (bicyclic) bond motifs is 1. The molecule has 143 valence electrons. The number of amides is 2. The number of hydrogen-bond donors (Lipinski definition) is 1. The van der Waals surface area contributed by atoms with Gasteiger partial charge in [-0.25, -0.2) is 15.1 Å². The zero-order valence-electron chi connectivity index (χ0n) is 16.2. The molecule has 29 heavy (non-hydrogen) atoms. The molecule has 3 aromatic rings. The van der Waals surface area contributed by atoms with E-state index in [0.29, 0.717) is 28.2 Å². The summed E-state index contributed by atoms with van der Waals surface area (Å²) in [5.74, 6) is 1.77. The van der Waals surface area contributed by atoms with E-state index in [1.54, 1.807) is 19.2 Å². The number of rotatable bonds is 5. The van der Waals surface area contributed by atoms with Crippen LogP contribution in [-0.4, -0.2) is 77.8 Å². The maximum Gasteiger partial charge on any atom is 0.436 e. The maximum atomic E-state index is 12.4. The molecule has 1 fully saturated rings. The van der Waals surface area contributed by atoms with Gasteiger partial charge in [0.2, 0.25) is 0 Å². The number of imide groups is 1. The summed E-state index contributed by atoms with van der Waals surface area (Å²) in [5, 5.41) is 2.73. The van der Waals surface area contributed by atoms with Crippen molar-refractivity contribution in [1.82, 2.24) is 14.9 Å². The van der Waals surface area contributed by atoms with Crippen LogP contribution in [0.3, 0.4) is 0 Å². The molecular weight excluding hydrogens is 417 g/mol. The van der Waals surface area contributed by atoms with Gasteiger partial charge in [0.15, 0.2) is 5.75 Å². The van der Waals surface area contributed by atoms with Gasteiger partial charge in [0.25, 0.3) is 11.5 Å². The van der Waals surface area contributed by atoms with Gasteiger partial charge in [0.05, 0.1) is 21.8 Å². The van der Waals surface area contributed by atoms with Gasteiger partial charge >= 0.3 is 5.24 Å². The first-order valence-electron chi connectivity index (χ1n) is 8.69. The summed E-state index contributed by atoms with van der Waals surface area (Å²) in [6.07, 6.45) is 0. The fourth-order valence-electron chi connectivity index (χ4n) is 2.99. The predicted molar refractivity (Wildman–Crippen MR) is 113 cm³/mol. The minimum absolute atomic E-state index is 0. The Bertz CT molecular complexity index is 1130. The fraction of sp³-hybridized carbons (Fsp3) is 0.200. The van der Waals surface area contributed by atoms with E-state index < -0.39 is 10.9 Å². The Labute approximate surface area is 212 Å². The van der Waals surface area contributed by atoms with Gasteiger partial charge in [-0.15, -0.1) is 0 Å². The molecule has 7 nitrogen and oxygen atoms in total. The standard InChI is InChI=1S/C20H17N3O4S.K/c1-23-17(21-16-5-3-2-4-15(16)19(23)25)10-27-14-8-6-13(7-9-14)11-28-12-18(24)22-20(28)26;/h2-9H,10-12H2,1H3;/p+1. The second kappa shape index (κ2) is 9.54. The topological polar surface area (TPSA) is 90.3 Å². The van der Waals surface area contributed by atoms with Gasteiger partial charge < -0.3 is 4.74 Å². The molecule has 9 heteroatoms. The van der Waals surface area contributed by atoms with Gasteiger partial charge in [-0.1, -0.05) is 24.3 Å². The molecule has 1 unspecified atom stereocenters. The monoisotopic (exact) mass is 435 g/mol. The molecule has 0 bridgehead atoms. The van der Waals surface area contributed by atoms with Crippen molar-refractivity contribution in [2.24, 2.45) is 7.05 Å². The molecule has 0 spiro atoms. The molecule has 1 atom stereocenters. The Hall–Kier alpha value is -1.49. The summed E-state index contributed by atoms with van der Waals surface area (Å²) in [6.45, 7) is 0.164. The fourth-order valence-corrected chi connectivity index (χ4v) is 4.59. The zero-order valence-corrected chi connectivity index (χ0v) is 20.1. The van der Waals surface area contributed by atoms with E-state index in [1.165, 1.54) is 4.57 Å². The van der Waals surface area contributed by atoms with Crippen LogP contribution in [0.1, 0.15) is 11.4 Å². The van der Waals surface area contributed by atoms with Gasteiger partial charge in [-0.2, -0.15) is 0 Å². The summed E-state index contributed by atoms with van der Waals surface area (Å²) in [6, 6.07) is 14.6. The van der Waals surface area contributed by atoms with Crippen molar-refractivity contribution in [2.45, 2.75) is 12.4 Å². The van der Waals surface area contributed by atoms with Crippen LogP contribution in [0.5, 0.6) is 5.75 Å². The first-order valence-corrected chi connectivity index (χ1v) is 10.3. The molecule has 1 radical (unpaired) electrons. The number of benzene rings is 2. The van der Waals surface area contributed by atoms with Crippen molar-refractivity contribution in [1.29, 1.82) is 0 Å². The summed E-state index contributed by atoms with van der Waals surface area (Å²) in [4.78, 5) is 39.9. The molecule has 1 aliphatic heterocycles. The second-order valence-corrected chi connectivity index (χ2v) is 8.39. The van der Waals surface area contributed by atoms with Crippen molar-refractivity contribution < 1.29 is 14.3 Å². The van der Waals surface area contributed by atoms with E-state index in [0.717, 1.165) is 5.56 Å². The normalized spacial score (nSPS) is 15.8. The van der Waals surface area contributed by atoms with Gasteiger partial charge in [0.1, 0.15) is 23.9 Å². The Kier molecular flexibility index (Phi) is 7.31. The molecule has 1 N–H and O–H groups in total. The van der Waals surface area contributed by atoms with Crippen LogP contribution in [0.4, 0.5) is 4.79 Å². The van der Waals surface area contributed by atoms with E-state index in [4.69, 9.17) is 4.74 Å². The largest absolute Gasteiger partial charge is 0.486 e. The van der Waals surface area contributed by atoms with Crippen LogP contribution in [0.2, 0.25) is 0 Å². The predicted octanol–water partition coefficient (Wildman–Crippen LogP) is 1.50. The Balaban J connectivity index is 0.00000240. The van der Waals surface area contributed by atoms with Crippen molar-refractivity contribution in [2.75, 3.05) is 5.75 Å². The zero-order chi connectivity index (χ0) is 19.7. The number of hydrogen-bond acceptors (Lipinski definition) is 5. The second-order valence-electron chi connectivity index (χ2n) is 6.46. The minimum Gasteiger partial charge on any atom is -0.486 e. The van der Waals surface area contributed by atoms with Gasteiger partial charge in [0, 0.05) is 64.0 Å². The molecule has 0 aliphatic carbocycles. The number of aromatic nitrogens is 2. The minimum atomic E-state index is -0.601. The molecule has 4 rings (SSSR count). The Morgan fingerprint density at radius 1 is 1.10 bits per heavy atom. The Morgan fingerprint density at radius 3 is 2.52 bits per heavy atom. The summed E-state index contributed by atoms with van der Waals surface area (Å²) < 4.78 is 7.28. The molecule has 1 aliphatic rings. The molecule has 2 amide bonds. The average Bonchev–Trinajstić information content (AvgIpc) is 3.01. The summed E-state index contributed by atoms with van der Waals surface area (Å²) in [7, 11) is 1.08. The first kappa shape index (κ1) is 22.2. The van der Waals surface area contributed by atoms with E-state index in [-0.39, 0.29) is 80.4 Å². The number of para-hydroxylation sites is 1. The third kappa shape index (κ3) is 4.99. The smallest absolute Gasteiger partial charge is 0.436 e. The molecular formula is C20H18KN3O4S+. The molecule has 1 saturated heterocycles. The van der Waals surface area contributed by atoms with E-state index in [2.05, 4.69) is 10.3 Å². The molecule has 2 aromatic carbocycles. The molecule has 2 heterocycles. The van der Waals surface area contributed by atoms with Crippen molar-refractivity contribution >= 4 is 84.3 Å². The number of nitrogens with one attached hydrogen (secondary N) is 1. The third-order valence-corrected chi connectivity index (χ3v) is 6.44. The van der Waals surface area contributed by atoms with E-state index >= 15 is 0 Å². The first-order chi connectivity index (χ1) is 13.5. The summed E-state index contributed by atoms with van der Waals surface area (Å²) in [5.41, 5.74) is 1.51. The number of nitrogens with zero attached hydrogens (tertiary/aromatic N) is 2. The molecule has 0 saturated carbocycles. The van der Waals surface area contributed by atoms with E-state index in [1.807, 2.05) is 36.4 Å². The van der Waals surface area contributed by atoms with E-state index in [9.17, 15) is 14.4 Å². The van der Waals surface area contributed by atoms with Crippen LogP contribution in [0, 0.1) is 0 Å². The quantitative estimate of drug-likeness (QED) is 0.485.